The van der Waals surface area contributed by atoms with Gasteiger partial charge >= 0.3 is 0 Å². The highest BCUT2D eigenvalue weighted by molar-refractivity contribution is 5.91. The first-order valence-electron chi connectivity index (χ1n) is 9.62. The van der Waals surface area contributed by atoms with E-state index in [1.54, 1.807) is 17.3 Å². The van der Waals surface area contributed by atoms with Crippen molar-refractivity contribution in [2.75, 3.05) is 7.05 Å². The van der Waals surface area contributed by atoms with Crippen molar-refractivity contribution in [2.45, 2.75) is 51.2 Å². The van der Waals surface area contributed by atoms with E-state index in [0.29, 0.717) is 12.8 Å². The van der Waals surface area contributed by atoms with Crippen LogP contribution in [0.5, 0.6) is 0 Å². The first-order chi connectivity index (χ1) is 13.1. The van der Waals surface area contributed by atoms with E-state index in [2.05, 4.69) is 17.1 Å². The Morgan fingerprint density at radius 2 is 1.85 bits per heavy atom. The third-order valence-electron chi connectivity index (χ3n) is 5.17. The van der Waals surface area contributed by atoms with Gasteiger partial charge in [0.15, 0.2) is 0 Å². The van der Waals surface area contributed by atoms with Gasteiger partial charge in [0.05, 0.1) is 0 Å². The van der Waals surface area contributed by atoms with Crippen LogP contribution in [-0.4, -0.2) is 45.9 Å². The van der Waals surface area contributed by atoms with Gasteiger partial charge in [-0.15, -0.1) is 0 Å². The number of pyridine rings is 1. The summed E-state index contributed by atoms with van der Waals surface area (Å²) in [7, 11) is 1.81. The molecule has 0 aliphatic carbocycles. The summed E-state index contributed by atoms with van der Waals surface area (Å²) in [6, 6.07) is 13.6. The Balaban J connectivity index is 1.81. The number of likely N-dealkylation sites (N-methyl/N-ethyl adjacent to an activating group) is 1. The van der Waals surface area contributed by atoms with Crippen molar-refractivity contribution in [2.24, 2.45) is 0 Å². The summed E-state index contributed by atoms with van der Waals surface area (Å²) in [5.74, 6) is 0.0727. The quantitative estimate of drug-likeness (QED) is 0.758. The fraction of sp³-hybridized carbons (Fsp3) is 0.409. The van der Waals surface area contributed by atoms with Gasteiger partial charge in [0, 0.05) is 32.3 Å². The molecule has 2 aromatic rings. The number of benzene rings is 1. The number of carbonyl (C=O) groups is 2. The molecule has 2 amide bonds. The van der Waals surface area contributed by atoms with Gasteiger partial charge < -0.3 is 9.80 Å². The molecule has 1 aliphatic rings. The largest absolute Gasteiger partial charge is 0.323 e. The van der Waals surface area contributed by atoms with Crippen LogP contribution in [0.15, 0.2) is 54.9 Å². The van der Waals surface area contributed by atoms with Crippen molar-refractivity contribution < 1.29 is 9.59 Å². The minimum absolute atomic E-state index is 0.0152. The number of hydrogen-bond donors (Lipinski definition) is 0. The van der Waals surface area contributed by atoms with E-state index in [1.165, 1.54) is 5.56 Å². The van der Waals surface area contributed by atoms with E-state index in [4.69, 9.17) is 0 Å². The number of aromatic nitrogens is 1. The lowest BCUT2D eigenvalue weighted by Gasteiger charge is -2.30. The molecule has 2 unspecified atom stereocenters. The molecule has 5 heteroatoms. The van der Waals surface area contributed by atoms with Crippen LogP contribution in [0.25, 0.3) is 0 Å². The Bertz CT molecular complexity index is 764. The van der Waals surface area contributed by atoms with E-state index < -0.39 is 6.04 Å². The highest BCUT2D eigenvalue weighted by atomic mass is 16.2. The third-order valence-corrected chi connectivity index (χ3v) is 5.17. The van der Waals surface area contributed by atoms with Crippen LogP contribution in [0.2, 0.25) is 0 Å². The fourth-order valence-electron chi connectivity index (χ4n) is 3.78. The van der Waals surface area contributed by atoms with Crippen LogP contribution in [0.3, 0.4) is 0 Å². The Labute approximate surface area is 161 Å². The maximum Gasteiger partial charge on any atom is 0.247 e. The highest BCUT2D eigenvalue weighted by Crippen LogP contribution is 2.28. The predicted octanol–water partition coefficient (Wildman–Crippen LogP) is 3.05. The second kappa shape index (κ2) is 8.80. The molecule has 0 saturated carbocycles. The molecule has 142 valence electrons. The van der Waals surface area contributed by atoms with Crippen molar-refractivity contribution in [3.63, 3.8) is 0 Å². The van der Waals surface area contributed by atoms with Crippen LogP contribution in [-0.2, 0) is 22.4 Å². The zero-order chi connectivity index (χ0) is 19.2. The van der Waals surface area contributed by atoms with Crippen LogP contribution in [0.1, 0.15) is 37.3 Å². The minimum Gasteiger partial charge on any atom is -0.323 e. The minimum atomic E-state index is -0.445. The molecule has 1 fully saturated rings. The SMILES string of the molecule is CCCC(=O)N1C(Cc2cccnc2)C(=O)N(C)C1CCc1ccccc1. The topological polar surface area (TPSA) is 53.5 Å². The average molecular weight is 365 g/mol. The van der Waals surface area contributed by atoms with Crippen LogP contribution >= 0.6 is 0 Å². The summed E-state index contributed by atoms with van der Waals surface area (Å²) >= 11 is 0. The number of nitrogens with zero attached hydrogens (tertiary/aromatic N) is 3. The Hall–Kier alpha value is -2.69. The molecule has 0 bridgehead atoms. The lowest BCUT2D eigenvalue weighted by molar-refractivity contribution is -0.136. The first kappa shape index (κ1) is 19.1. The smallest absolute Gasteiger partial charge is 0.247 e. The summed E-state index contributed by atoms with van der Waals surface area (Å²) < 4.78 is 0. The molecule has 5 nitrogen and oxygen atoms in total. The first-order valence-corrected chi connectivity index (χ1v) is 9.62. The van der Waals surface area contributed by atoms with Gasteiger partial charge in [0.2, 0.25) is 11.8 Å². The number of amides is 2. The van der Waals surface area contributed by atoms with Gasteiger partial charge in [0.25, 0.3) is 0 Å². The van der Waals surface area contributed by atoms with Crippen LogP contribution in [0.4, 0.5) is 0 Å². The van der Waals surface area contributed by atoms with E-state index in [9.17, 15) is 9.59 Å². The van der Waals surface area contributed by atoms with Gasteiger partial charge in [-0.25, -0.2) is 0 Å². The number of aryl methyl sites for hydroxylation is 1. The van der Waals surface area contributed by atoms with E-state index in [1.807, 2.05) is 49.2 Å². The van der Waals surface area contributed by atoms with E-state index in [0.717, 1.165) is 24.8 Å². The van der Waals surface area contributed by atoms with Crippen molar-refractivity contribution in [1.82, 2.24) is 14.8 Å². The molecular weight excluding hydrogens is 338 g/mol. The monoisotopic (exact) mass is 365 g/mol. The van der Waals surface area contributed by atoms with Gasteiger partial charge in [-0.3, -0.25) is 14.6 Å². The number of rotatable bonds is 7. The Kier molecular flexibility index (Phi) is 6.22. The molecule has 1 aliphatic heterocycles. The lowest BCUT2D eigenvalue weighted by atomic mass is 10.0. The van der Waals surface area contributed by atoms with Gasteiger partial charge in [-0.1, -0.05) is 43.3 Å². The molecule has 0 N–H and O–H groups in total. The van der Waals surface area contributed by atoms with Gasteiger partial charge in [-0.05, 0) is 36.5 Å². The third kappa shape index (κ3) is 4.35. The molecular formula is C22H27N3O2. The van der Waals surface area contributed by atoms with E-state index >= 15 is 0 Å². The number of hydrogen-bond acceptors (Lipinski definition) is 3. The highest BCUT2D eigenvalue weighted by Gasteiger charge is 2.45. The Morgan fingerprint density at radius 1 is 1.11 bits per heavy atom. The summed E-state index contributed by atoms with van der Waals surface area (Å²) in [6.45, 7) is 1.99. The second-order valence-electron chi connectivity index (χ2n) is 7.09. The van der Waals surface area contributed by atoms with E-state index in [-0.39, 0.29) is 18.0 Å². The number of carbonyl (C=O) groups excluding carboxylic acids is 2. The zero-order valence-corrected chi connectivity index (χ0v) is 16.0. The van der Waals surface area contributed by atoms with Crippen molar-refractivity contribution in [1.29, 1.82) is 0 Å². The molecule has 2 atom stereocenters. The maximum absolute atomic E-state index is 13.0. The molecule has 1 saturated heterocycles. The fourth-order valence-corrected chi connectivity index (χ4v) is 3.78. The second-order valence-corrected chi connectivity index (χ2v) is 7.09. The molecule has 3 rings (SSSR count). The summed E-state index contributed by atoms with van der Waals surface area (Å²) in [5, 5.41) is 0. The molecule has 2 heterocycles. The van der Waals surface area contributed by atoms with Crippen molar-refractivity contribution in [3.8, 4) is 0 Å². The summed E-state index contributed by atoms with van der Waals surface area (Å²) in [5.41, 5.74) is 2.19. The summed E-state index contributed by atoms with van der Waals surface area (Å²) in [4.78, 5) is 33.6. The van der Waals surface area contributed by atoms with Gasteiger partial charge in [-0.2, -0.15) is 0 Å². The lowest BCUT2D eigenvalue weighted by Crippen LogP contribution is -2.45. The molecule has 0 spiro atoms. The maximum atomic E-state index is 13.0. The summed E-state index contributed by atoms with van der Waals surface area (Å²) in [6.07, 6.45) is 6.61. The van der Waals surface area contributed by atoms with Gasteiger partial charge in [0.1, 0.15) is 12.2 Å². The van der Waals surface area contributed by atoms with Crippen LogP contribution < -0.4 is 0 Å². The predicted molar refractivity (Wildman–Crippen MR) is 105 cm³/mol. The normalized spacial score (nSPS) is 19.6. The Morgan fingerprint density at radius 3 is 2.52 bits per heavy atom. The van der Waals surface area contributed by atoms with Crippen molar-refractivity contribution >= 4 is 11.8 Å². The standard InChI is InChI=1S/C22H27N3O2/c1-3-8-21(26)25-19(15-18-11-7-14-23-16-18)22(27)24(2)20(25)13-12-17-9-5-4-6-10-17/h4-7,9-11,14,16,19-20H,3,8,12-13,15H2,1-2H3. The zero-order valence-electron chi connectivity index (χ0n) is 16.0. The molecule has 1 aromatic carbocycles. The average Bonchev–Trinajstić information content (AvgIpc) is 2.93. The van der Waals surface area contributed by atoms with Crippen LogP contribution in [0, 0.1) is 0 Å². The van der Waals surface area contributed by atoms with Crippen molar-refractivity contribution in [3.05, 3.63) is 66.0 Å². The molecule has 0 radical (unpaired) electrons. The molecule has 27 heavy (non-hydrogen) atoms. The molecule has 1 aromatic heterocycles.